The summed E-state index contributed by atoms with van der Waals surface area (Å²) in [7, 11) is 0. The fourth-order valence-corrected chi connectivity index (χ4v) is 2.05. The van der Waals surface area contributed by atoms with Crippen LogP contribution in [0.25, 0.3) is 0 Å². The molecule has 0 saturated carbocycles. The quantitative estimate of drug-likeness (QED) is 0.716. The van der Waals surface area contributed by atoms with Crippen molar-refractivity contribution in [2.45, 2.75) is 45.7 Å². The molecule has 0 aliphatic carbocycles. The summed E-state index contributed by atoms with van der Waals surface area (Å²) in [6, 6.07) is 7.16. The van der Waals surface area contributed by atoms with E-state index in [1.807, 2.05) is 26.0 Å². The van der Waals surface area contributed by atoms with Gasteiger partial charge in [-0.15, -0.1) is 12.4 Å². The predicted octanol–water partition coefficient (Wildman–Crippen LogP) is 1.99. The van der Waals surface area contributed by atoms with E-state index in [0.29, 0.717) is 25.1 Å². The molecule has 4 N–H and O–H groups in total. The lowest BCUT2D eigenvalue weighted by molar-refractivity contribution is -0.126. The van der Waals surface area contributed by atoms with E-state index in [1.54, 1.807) is 19.1 Å². The van der Waals surface area contributed by atoms with Crippen LogP contribution in [0.2, 0.25) is 0 Å². The van der Waals surface area contributed by atoms with Gasteiger partial charge in [0.15, 0.2) is 0 Å². The molecule has 1 aromatic carbocycles. The van der Waals surface area contributed by atoms with Crippen LogP contribution in [-0.4, -0.2) is 23.9 Å². The predicted molar refractivity (Wildman–Crippen MR) is 91.0 cm³/mol. The van der Waals surface area contributed by atoms with Gasteiger partial charge in [-0.2, -0.15) is 0 Å². The second kappa shape index (κ2) is 9.43. The Morgan fingerprint density at radius 3 is 2.23 bits per heavy atom. The number of carbonyl (C=O) groups excluding carboxylic acids is 2. The molecule has 0 heterocycles. The molecule has 0 saturated heterocycles. The number of amides is 2. The lowest BCUT2D eigenvalue weighted by Crippen LogP contribution is -2.51. The first-order valence-electron chi connectivity index (χ1n) is 7.35. The van der Waals surface area contributed by atoms with Crippen LogP contribution in [0.5, 0.6) is 0 Å². The average Bonchev–Trinajstić information content (AvgIpc) is 2.45. The number of halogens is 1. The Hall–Kier alpha value is -1.59. The van der Waals surface area contributed by atoms with Crippen molar-refractivity contribution in [2.24, 2.45) is 5.73 Å². The molecule has 1 aromatic rings. The highest BCUT2D eigenvalue weighted by Crippen LogP contribution is 2.09. The van der Waals surface area contributed by atoms with Gasteiger partial charge in [-0.05, 0) is 38.0 Å². The smallest absolute Gasteiger partial charge is 0.251 e. The molecular weight excluding hydrogens is 302 g/mol. The second-order valence-corrected chi connectivity index (χ2v) is 5.41. The van der Waals surface area contributed by atoms with Crippen molar-refractivity contribution in [1.29, 1.82) is 0 Å². The monoisotopic (exact) mass is 327 g/mol. The number of nitrogens with one attached hydrogen (secondary N) is 2. The van der Waals surface area contributed by atoms with E-state index in [0.717, 1.165) is 12.0 Å². The molecule has 0 radical (unpaired) electrons. The van der Waals surface area contributed by atoms with Gasteiger partial charge in [0.1, 0.15) is 0 Å². The molecule has 0 bridgehead atoms. The summed E-state index contributed by atoms with van der Waals surface area (Å²) in [5, 5.41) is 5.57. The number of rotatable bonds is 7. The van der Waals surface area contributed by atoms with Crippen molar-refractivity contribution in [3.8, 4) is 0 Å². The number of benzene rings is 1. The van der Waals surface area contributed by atoms with Crippen LogP contribution >= 0.6 is 12.4 Å². The third kappa shape index (κ3) is 6.03. The number of hydrogen-bond acceptors (Lipinski definition) is 3. The molecule has 22 heavy (non-hydrogen) atoms. The van der Waals surface area contributed by atoms with Crippen LogP contribution in [0.1, 0.15) is 49.5 Å². The minimum atomic E-state index is -0.838. The van der Waals surface area contributed by atoms with Crippen LogP contribution in [0.15, 0.2) is 24.3 Å². The Kier molecular flexibility index (Phi) is 8.75. The van der Waals surface area contributed by atoms with Crippen molar-refractivity contribution in [2.75, 3.05) is 6.54 Å². The molecule has 1 rings (SSSR count). The molecule has 1 unspecified atom stereocenters. The largest absolute Gasteiger partial charge is 0.352 e. The molecule has 124 valence electrons. The molecular formula is C16H26ClN3O2. The Bertz CT molecular complexity index is 487. The molecule has 5 nitrogen and oxygen atoms in total. The highest BCUT2D eigenvalue weighted by Gasteiger charge is 2.26. The van der Waals surface area contributed by atoms with Crippen LogP contribution < -0.4 is 16.4 Å². The molecule has 6 heteroatoms. The number of hydrogen-bond donors (Lipinski definition) is 3. The van der Waals surface area contributed by atoms with Gasteiger partial charge in [0, 0.05) is 18.7 Å². The van der Waals surface area contributed by atoms with E-state index < -0.39 is 5.54 Å². The Morgan fingerprint density at radius 1 is 1.14 bits per heavy atom. The number of nitrogens with two attached hydrogens (primary N) is 1. The van der Waals surface area contributed by atoms with E-state index in [1.165, 1.54) is 0 Å². The van der Waals surface area contributed by atoms with Gasteiger partial charge in [-0.25, -0.2) is 0 Å². The van der Waals surface area contributed by atoms with Gasteiger partial charge in [-0.3, -0.25) is 9.59 Å². The summed E-state index contributed by atoms with van der Waals surface area (Å²) in [5.41, 5.74) is 6.68. The highest BCUT2D eigenvalue weighted by molar-refractivity contribution is 5.94. The maximum Gasteiger partial charge on any atom is 0.251 e. The minimum Gasteiger partial charge on any atom is -0.352 e. The van der Waals surface area contributed by atoms with Crippen molar-refractivity contribution in [3.05, 3.63) is 35.4 Å². The molecule has 0 spiro atoms. The van der Waals surface area contributed by atoms with Crippen molar-refractivity contribution in [1.82, 2.24) is 10.6 Å². The third-order valence-corrected chi connectivity index (χ3v) is 3.29. The van der Waals surface area contributed by atoms with Gasteiger partial charge in [-0.1, -0.05) is 25.5 Å². The summed E-state index contributed by atoms with van der Waals surface area (Å²) in [5.74, 6) is -0.247. The van der Waals surface area contributed by atoms with Crippen molar-refractivity contribution in [3.63, 3.8) is 0 Å². The maximum absolute atomic E-state index is 12.0. The van der Waals surface area contributed by atoms with E-state index in [9.17, 15) is 9.59 Å². The summed E-state index contributed by atoms with van der Waals surface area (Å²) < 4.78 is 0. The molecule has 0 aliphatic heterocycles. The average molecular weight is 328 g/mol. The fraction of sp³-hybridized carbons (Fsp3) is 0.500. The topological polar surface area (TPSA) is 84.2 Å². The molecule has 0 fully saturated rings. The van der Waals surface area contributed by atoms with Gasteiger partial charge in [0.25, 0.3) is 5.91 Å². The lowest BCUT2D eigenvalue weighted by atomic mass is 9.96. The van der Waals surface area contributed by atoms with E-state index in [-0.39, 0.29) is 24.2 Å². The number of carbonyl (C=O) groups is 2. The summed E-state index contributed by atoms with van der Waals surface area (Å²) in [6.07, 6.45) is 1.51. The van der Waals surface area contributed by atoms with Crippen molar-refractivity contribution < 1.29 is 9.59 Å². The minimum absolute atomic E-state index is 0. The first-order valence-corrected chi connectivity index (χ1v) is 7.35. The third-order valence-electron chi connectivity index (χ3n) is 3.29. The van der Waals surface area contributed by atoms with Gasteiger partial charge in [0.05, 0.1) is 5.54 Å². The first kappa shape index (κ1) is 20.4. The SMILES string of the molecule is CCCC(C)(N)C(=O)NCc1ccc(C(=O)NCC)cc1.Cl. The van der Waals surface area contributed by atoms with Gasteiger partial charge >= 0.3 is 0 Å². The highest BCUT2D eigenvalue weighted by atomic mass is 35.5. The van der Waals surface area contributed by atoms with E-state index >= 15 is 0 Å². The summed E-state index contributed by atoms with van der Waals surface area (Å²) in [6.45, 7) is 6.62. The van der Waals surface area contributed by atoms with E-state index in [4.69, 9.17) is 5.73 Å². The zero-order valence-electron chi connectivity index (χ0n) is 13.4. The van der Waals surface area contributed by atoms with Crippen LogP contribution in [-0.2, 0) is 11.3 Å². The second-order valence-electron chi connectivity index (χ2n) is 5.41. The Labute approximate surface area is 138 Å². The molecule has 0 aliphatic rings. The fourth-order valence-electron chi connectivity index (χ4n) is 2.05. The normalized spacial score (nSPS) is 12.7. The molecule has 0 aromatic heterocycles. The summed E-state index contributed by atoms with van der Waals surface area (Å²) >= 11 is 0. The maximum atomic E-state index is 12.0. The van der Waals surface area contributed by atoms with Gasteiger partial charge in [0.2, 0.25) is 5.91 Å². The molecule has 2 amide bonds. The lowest BCUT2D eigenvalue weighted by Gasteiger charge is -2.22. The zero-order valence-corrected chi connectivity index (χ0v) is 14.3. The van der Waals surface area contributed by atoms with Gasteiger partial charge < -0.3 is 16.4 Å². The first-order chi connectivity index (χ1) is 9.90. The van der Waals surface area contributed by atoms with Crippen LogP contribution in [0, 0.1) is 0 Å². The Morgan fingerprint density at radius 2 is 1.73 bits per heavy atom. The Balaban J connectivity index is 0.00000441. The standard InChI is InChI=1S/C16H25N3O2.ClH/c1-4-10-16(3,17)15(21)19-11-12-6-8-13(9-7-12)14(20)18-5-2;/h6-9H,4-5,10-11,17H2,1-3H3,(H,18,20)(H,19,21);1H. The zero-order chi connectivity index (χ0) is 15.9. The van der Waals surface area contributed by atoms with Crippen molar-refractivity contribution >= 4 is 24.2 Å². The molecule has 1 atom stereocenters. The van der Waals surface area contributed by atoms with Crippen LogP contribution in [0.4, 0.5) is 0 Å². The van der Waals surface area contributed by atoms with Crippen LogP contribution in [0.3, 0.4) is 0 Å². The summed E-state index contributed by atoms with van der Waals surface area (Å²) in [4.78, 5) is 23.6. The van der Waals surface area contributed by atoms with E-state index in [2.05, 4.69) is 10.6 Å².